The van der Waals surface area contributed by atoms with E-state index in [0.29, 0.717) is 17.5 Å². The first-order chi connectivity index (χ1) is 10.5. The molecule has 0 aliphatic carbocycles. The molecular weight excluding hydrogens is 274 g/mol. The maximum atomic E-state index is 12.3. The molecule has 4 nitrogen and oxygen atoms in total. The third-order valence-electron chi connectivity index (χ3n) is 4.28. The number of nitrogens with zero attached hydrogens (tertiary/aromatic N) is 3. The fourth-order valence-corrected chi connectivity index (χ4v) is 3.23. The fourth-order valence-electron chi connectivity index (χ4n) is 3.23. The summed E-state index contributed by atoms with van der Waals surface area (Å²) >= 11 is 0. The Morgan fingerprint density at radius 2 is 1.86 bits per heavy atom. The van der Waals surface area contributed by atoms with Crippen LogP contribution in [0.25, 0.3) is 16.5 Å². The van der Waals surface area contributed by atoms with Gasteiger partial charge in [-0.15, -0.1) is 0 Å². The molecule has 0 atom stereocenters. The van der Waals surface area contributed by atoms with Gasteiger partial charge in [0.05, 0.1) is 10.9 Å². The second-order valence-electron chi connectivity index (χ2n) is 6.45. The number of rotatable bonds is 3. The van der Waals surface area contributed by atoms with Crippen molar-refractivity contribution in [2.75, 3.05) is 0 Å². The number of benzene rings is 1. The van der Waals surface area contributed by atoms with Crippen LogP contribution in [0.15, 0.2) is 35.3 Å². The summed E-state index contributed by atoms with van der Waals surface area (Å²) in [6, 6.07) is 8.58. The van der Waals surface area contributed by atoms with Gasteiger partial charge in [0.15, 0.2) is 0 Å². The van der Waals surface area contributed by atoms with Gasteiger partial charge in [-0.1, -0.05) is 12.1 Å². The third-order valence-corrected chi connectivity index (χ3v) is 4.28. The summed E-state index contributed by atoms with van der Waals surface area (Å²) in [5.41, 5.74) is 2.02. The zero-order chi connectivity index (χ0) is 15.9. The Morgan fingerprint density at radius 3 is 2.55 bits per heavy atom. The van der Waals surface area contributed by atoms with E-state index in [-0.39, 0.29) is 5.56 Å². The van der Waals surface area contributed by atoms with Crippen LogP contribution in [0.3, 0.4) is 0 Å². The van der Waals surface area contributed by atoms with Crippen LogP contribution in [-0.4, -0.2) is 26.5 Å². The minimum atomic E-state index is -0.129. The van der Waals surface area contributed by atoms with Gasteiger partial charge in [-0.05, 0) is 46.2 Å². The number of allylic oxidation sites excluding steroid dienone is 1. The van der Waals surface area contributed by atoms with Crippen molar-refractivity contribution >= 4 is 16.5 Å². The lowest BCUT2D eigenvalue weighted by Gasteiger charge is -2.30. The summed E-state index contributed by atoms with van der Waals surface area (Å²) < 4.78 is 2.17. The smallest absolute Gasteiger partial charge is 0.281 e. The van der Waals surface area contributed by atoms with E-state index in [1.54, 1.807) is 0 Å². The molecule has 0 bridgehead atoms. The van der Waals surface area contributed by atoms with Crippen LogP contribution >= 0.6 is 0 Å². The quantitative estimate of drug-likeness (QED) is 0.873. The first-order valence-electron chi connectivity index (χ1n) is 7.97. The zero-order valence-corrected chi connectivity index (χ0v) is 13.7. The topological polar surface area (TPSA) is 38.1 Å². The summed E-state index contributed by atoms with van der Waals surface area (Å²) in [5, 5.41) is 0.706. The van der Waals surface area contributed by atoms with Gasteiger partial charge in [-0.2, -0.15) is 4.98 Å². The van der Waals surface area contributed by atoms with Crippen LogP contribution in [0.4, 0.5) is 0 Å². The Morgan fingerprint density at radius 1 is 1.18 bits per heavy atom. The lowest BCUT2D eigenvalue weighted by Crippen LogP contribution is -2.32. The Labute approximate surface area is 131 Å². The van der Waals surface area contributed by atoms with E-state index >= 15 is 0 Å². The van der Waals surface area contributed by atoms with E-state index < -0.39 is 0 Å². The number of para-hydroxylation sites is 1. The molecular formula is C18H23N3O. The van der Waals surface area contributed by atoms with Crippen molar-refractivity contribution in [3.8, 4) is 0 Å². The first-order valence-corrected chi connectivity index (χ1v) is 7.97. The van der Waals surface area contributed by atoms with Crippen LogP contribution in [0, 0.1) is 0 Å². The first kappa shape index (κ1) is 14.8. The summed E-state index contributed by atoms with van der Waals surface area (Å²) in [4.78, 5) is 18.9. The van der Waals surface area contributed by atoms with Crippen molar-refractivity contribution in [3.63, 3.8) is 0 Å². The highest BCUT2D eigenvalue weighted by molar-refractivity contribution is 5.81. The van der Waals surface area contributed by atoms with Gasteiger partial charge in [0.1, 0.15) is 5.82 Å². The molecule has 0 saturated heterocycles. The predicted octanol–water partition coefficient (Wildman–Crippen LogP) is 3.26. The standard InChI is InChI=1S/C18H23N3O/c1-12(2)21(13(3)4)11-14-9-10-20-16-8-6-5-7-15(16)18(22)19-17(14)20/h5-8,11-13H,9-10H2,1-4H3/b14-11+. The molecule has 1 aliphatic heterocycles. The van der Waals surface area contributed by atoms with Crippen LogP contribution in [0.2, 0.25) is 0 Å². The molecule has 4 heteroatoms. The van der Waals surface area contributed by atoms with Crippen LogP contribution in [0.1, 0.15) is 39.9 Å². The average molecular weight is 297 g/mol. The van der Waals surface area contributed by atoms with Crippen molar-refractivity contribution in [2.24, 2.45) is 0 Å². The van der Waals surface area contributed by atoms with E-state index in [0.717, 1.165) is 29.9 Å². The number of aromatic nitrogens is 2. The van der Waals surface area contributed by atoms with E-state index in [2.05, 4.69) is 48.3 Å². The van der Waals surface area contributed by atoms with E-state index in [1.165, 1.54) is 0 Å². The third kappa shape index (κ3) is 2.43. The molecule has 0 radical (unpaired) electrons. The second-order valence-corrected chi connectivity index (χ2v) is 6.45. The van der Waals surface area contributed by atoms with Gasteiger partial charge < -0.3 is 9.47 Å². The van der Waals surface area contributed by atoms with Crippen molar-refractivity contribution in [2.45, 2.75) is 52.7 Å². The summed E-state index contributed by atoms with van der Waals surface area (Å²) in [5.74, 6) is 0.829. The number of aryl methyl sites for hydroxylation is 1. The van der Waals surface area contributed by atoms with E-state index in [1.807, 2.05) is 24.3 Å². The highest BCUT2D eigenvalue weighted by Crippen LogP contribution is 2.28. The summed E-state index contributed by atoms with van der Waals surface area (Å²) in [7, 11) is 0. The molecule has 0 saturated carbocycles. The van der Waals surface area contributed by atoms with Gasteiger partial charge in [0.25, 0.3) is 5.56 Å². The van der Waals surface area contributed by atoms with E-state index in [4.69, 9.17) is 0 Å². The minimum absolute atomic E-state index is 0.129. The maximum absolute atomic E-state index is 12.3. The Hall–Kier alpha value is -2.10. The Balaban J connectivity index is 2.14. The molecule has 0 fully saturated rings. The van der Waals surface area contributed by atoms with Gasteiger partial charge >= 0.3 is 0 Å². The molecule has 116 valence electrons. The molecule has 1 aromatic carbocycles. The molecule has 2 heterocycles. The van der Waals surface area contributed by atoms with Crippen molar-refractivity contribution in [1.82, 2.24) is 14.5 Å². The summed E-state index contributed by atoms with van der Waals surface area (Å²) in [6.45, 7) is 9.64. The molecule has 3 rings (SSSR count). The average Bonchev–Trinajstić information content (AvgIpc) is 2.87. The molecule has 22 heavy (non-hydrogen) atoms. The van der Waals surface area contributed by atoms with Crippen LogP contribution < -0.4 is 5.56 Å². The number of hydrogen-bond donors (Lipinski definition) is 0. The molecule has 0 amide bonds. The molecule has 0 unspecified atom stereocenters. The SMILES string of the molecule is CC(C)N(/C=C1\CCn2c1nc(=O)c1ccccc12)C(C)C. The number of hydrogen-bond acceptors (Lipinski definition) is 3. The predicted molar refractivity (Wildman–Crippen MR) is 90.7 cm³/mol. The van der Waals surface area contributed by atoms with Gasteiger partial charge in [-0.25, -0.2) is 0 Å². The van der Waals surface area contributed by atoms with E-state index in [9.17, 15) is 4.79 Å². The molecule has 1 aromatic heterocycles. The summed E-state index contributed by atoms with van der Waals surface area (Å²) in [6.07, 6.45) is 3.12. The van der Waals surface area contributed by atoms with Crippen molar-refractivity contribution in [3.05, 3.63) is 46.6 Å². The van der Waals surface area contributed by atoms with Crippen LogP contribution in [0.5, 0.6) is 0 Å². The fraction of sp³-hybridized carbons (Fsp3) is 0.444. The van der Waals surface area contributed by atoms with Gasteiger partial charge in [0.2, 0.25) is 0 Å². The maximum Gasteiger partial charge on any atom is 0.281 e. The van der Waals surface area contributed by atoms with Gasteiger partial charge in [-0.3, -0.25) is 4.79 Å². The lowest BCUT2D eigenvalue weighted by molar-refractivity contribution is 0.256. The normalized spacial score (nSPS) is 16.0. The zero-order valence-electron chi connectivity index (χ0n) is 13.7. The van der Waals surface area contributed by atoms with Gasteiger partial charge in [0, 0.05) is 30.4 Å². The highest BCUT2D eigenvalue weighted by Gasteiger charge is 2.22. The lowest BCUT2D eigenvalue weighted by atomic mass is 10.2. The second kappa shape index (κ2) is 5.59. The van der Waals surface area contributed by atoms with Crippen LogP contribution in [-0.2, 0) is 6.54 Å². The Kier molecular flexibility index (Phi) is 3.77. The van der Waals surface area contributed by atoms with Crippen molar-refractivity contribution < 1.29 is 0 Å². The van der Waals surface area contributed by atoms with Crippen molar-refractivity contribution in [1.29, 1.82) is 0 Å². The molecule has 0 N–H and O–H groups in total. The monoisotopic (exact) mass is 297 g/mol. The Bertz CT molecular complexity index is 779. The minimum Gasteiger partial charge on any atom is -0.372 e. The highest BCUT2D eigenvalue weighted by atomic mass is 16.1. The molecule has 0 spiro atoms. The molecule has 2 aromatic rings. The molecule has 1 aliphatic rings. The largest absolute Gasteiger partial charge is 0.372 e. The number of fused-ring (bicyclic) bond motifs is 3.